The quantitative estimate of drug-likeness (QED) is 0.861. The number of aromatic nitrogens is 1. The van der Waals surface area contributed by atoms with Crippen LogP contribution in [0.3, 0.4) is 0 Å². The molecule has 0 spiro atoms. The van der Waals surface area contributed by atoms with Crippen LogP contribution >= 0.6 is 0 Å². The fraction of sp³-hybridized carbons (Fsp3) is 0.733. The van der Waals surface area contributed by atoms with Crippen LogP contribution in [0, 0.1) is 5.92 Å². The molecule has 0 bridgehead atoms. The van der Waals surface area contributed by atoms with Crippen LogP contribution in [0.2, 0.25) is 0 Å². The molecule has 1 aliphatic carbocycles. The number of carbonyl (C=O) groups is 1. The van der Waals surface area contributed by atoms with Crippen LogP contribution < -0.4 is 5.32 Å². The molecule has 1 aromatic heterocycles. The van der Waals surface area contributed by atoms with Crippen molar-refractivity contribution in [3.05, 3.63) is 17.8 Å². The number of ether oxygens (including phenoxy) is 2. The molecule has 1 aliphatic heterocycles. The highest BCUT2D eigenvalue weighted by Crippen LogP contribution is 2.30. The van der Waals surface area contributed by atoms with E-state index in [0.717, 1.165) is 13.0 Å². The Labute approximate surface area is 124 Å². The molecule has 2 atom stereocenters. The Morgan fingerprint density at radius 1 is 1.48 bits per heavy atom. The normalized spacial score (nSPS) is 25.8. The Hall–Kier alpha value is -1.40. The predicted octanol–water partition coefficient (Wildman–Crippen LogP) is 1.55. The van der Waals surface area contributed by atoms with Gasteiger partial charge in [-0.1, -0.05) is 6.92 Å². The highest BCUT2D eigenvalue weighted by atomic mass is 16.5. The van der Waals surface area contributed by atoms with Crippen LogP contribution in [0.5, 0.6) is 0 Å². The summed E-state index contributed by atoms with van der Waals surface area (Å²) in [6, 6.07) is -0.119. The van der Waals surface area contributed by atoms with E-state index in [1.165, 1.54) is 19.2 Å². The number of nitrogens with one attached hydrogen (secondary N) is 1. The van der Waals surface area contributed by atoms with Gasteiger partial charge in [0.05, 0.1) is 18.8 Å². The molecule has 1 aromatic rings. The van der Waals surface area contributed by atoms with Gasteiger partial charge in [0.25, 0.3) is 5.91 Å². The van der Waals surface area contributed by atoms with E-state index in [1.807, 2.05) is 6.92 Å². The molecule has 0 aromatic carbocycles. The van der Waals surface area contributed by atoms with E-state index in [1.54, 1.807) is 0 Å². The molecule has 2 fully saturated rings. The van der Waals surface area contributed by atoms with Gasteiger partial charge >= 0.3 is 0 Å². The average Bonchev–Trinajstić information content (AvgIpc) is 3.20. The van der Waals surface area contributed by atoms with E-state index < -0.39 is 0 Å². The monoisotopic (exact) mass is 294 g/mol. The van der Waals surface area contributed by atoms with Crippen molar-refractivity contribution in [3.63, 3.8) is 0 Å². The molecule has 3 rings (SSSR count). The fourth-order valence-electron chi connectivity index (χ4n) is 2.54. The van der Waals surface area contributed by atoms with Gasteiger partial charge in [-0.2, -0.15) is 0 Å². The number of aryl methyl sites for hydroxylation is 1. The Kier molecular flexibility index (Phi) is 4.55. The summed E-state index contributed by atoms with van der Waals surface area (Å²) in [6.45, 7) is 3.90. The third-order valence-corrected chi connectivity index (χ3v) is 4.03. The van der Waals surface area contributed by atoms with Crippen molar-refractivity contribution in [2.75, 3.05) is 19.8 Å². The smallest absolute Gasteiger partial charge is 0.273 e. The van der Waals surface area contributed by atoms with Crippen molar-refractivity contribution in [2.45, 2.75) is 44.8 Å². The van der Waals surface area contributed by atoms with Gasteiger partial charge in [0, 0.05) is 19.6 Å². The summed E-state index contributed by atoms with van der Waals surface area (Å²) in [5, 5.41) is 2.98. The zero-order chi connectivity index (χ0) is 14.7. The third kappa shape index (κ3) is 3.63. The zero-order valence-electron chi connectivity index (χ0n) is 12.3. The van der Waals surface area contributed by atoms with Crippen LogP contribution in [0.4, 0.5) is 0 Å². The second kappa shape index (κ2) is 6.58. The van der Waals surface area contributed by atoms with E-state index in [0.29, 0.717) is 37.0 Å². The van der Waals surface area contributed by atoms with Crippen LogP contribution in [0.15, 0.2) is 10.8 Å². The minimum Gasteiger partial charge on any atom is -0.448 e. The summed E-state index contributed by atoms with van der Waals surface area (Å²) in [7, 11) is 0. The first-order valence-electron chi connectivity index (χ1n) is 7.70. The Morgan fingerprint density at radius 2 is 2.33 bits per heavy atom. The number of hydrogen-bond acceptors (Lipinski definition) is 5. The molecule has 21 heavy (non-hydrogen) atoms. The summed E-state index contributed by atoms with van der Waals surface area (Å²) in [6.07, 6.45) is 5.33. The second-order valence-electron chi connectivity index (χ2n) is 5.74. The Morgan fingerprint density at radius 3 is 3.10 bits per heavy atom. The first kappa shape index (κ1) is 14.5. The van der Waals surface area contributed by atoms with Crippen molar-refractivity contribution >= 4 is 5.91 Å². The Bertz CT molecular complexity index is 484. The van der Waals surface area contributed by atoms with Crippen molar-refractivity contribution in [3.8, 4) is 0 Å². The molecule has 2 heterocycles. The van der Waals surface area contributed by atoms with Crippen LogP contribution in [-0.2, 0) is 15.9 Å². The van der Waals surface area contributed by atoms with Gasteiger partial charge in [-0.05, 0) is 25.2 Å². The summed E-state index contributed by atoms with van der Waals surface area (Å²) in [5.41, 5.74) is 0.365. The number of carbonyl (C=O) groups excluding carboxylic acids is 1. The highest BCUT2D eigenvalue weighted by molar-refractivity contribution is 5.93. The predicted molar refractivity (Wildman–Crippen MR) is 75.0 cm³/mol. The SMILES string of the molecule is CCc1ocnc1C(=O)N[C@@H]1COCC[C@@H]1OCC1CC1. The molecular formula is C15H22N2O4. The molecule has 1 saturated carbocycles. The van der Waals surface area contributed by atoms with E-state index in [4.69, 9.17) is 13.9 Å². The van der Waals surface area contributed by atoms with Gasteiger partial charge in [0.1, 0.15) is 5.76 Å². The zero-order valence-corrected chi connectivity index (χ0v) is 12.3. The fourth-order valence-corrected chi connectivity index (χ4v) is 2.54. The van der Waals surface area contributed by atoms with Crippen LogP contribution in [0.1, 0.15) is 42.4 Å². The standard InChI is InChI=1S/C15H22N2O4/c1-2-12-14(16-9-21-12)15(18)17-11-8-19-6-5-13(11)20-7-10-3-4-10/h9-11,13H,2-8H2,1H3,(H,17,18)/t11-,13+/m1/s1. The number of rotatable bonds is 6. The van der Waals surface area contributed by atoms with Gasteiger partial charge in [-0.15, -0.1) is 0 Å². The molecule has 116 valence electrons. The van der Waals surface area contributed by atoms with E-state index in [-0.39, 0.29) is 18.1 Å². The molecule has 6 nitrogen and oxygen atoms in total. The van der Waals surface area contributed by atoms with Crippen molar-refractivity contribution in [1.29, 1.82) is 0 Å². The molecule has 6 heteroatoms. The second-order valence-corrected chi connectivity index (χ2v) is 5.74. The first-order valence-corrected chi connectivity index (χ1v) is 7.70. The topological polar surface area (TPSA) is 73.6 Å². The summed E-state index contributed by atoms with van der Waals surface area (Å²) >= 11 is 0. The summed E-state index contributed by atoms with van der Waals surface area (Å²) < 4.78 is 16.6. The molecule has 0 radical (unpaired) electrons. The number of amides is 1. The Balaban J connectivity index is 1.59. The van der Waals surface area contributed by atoms with Gasteiger partial charge in [0.2, 0.25) is 0 Å². The third-order valence-electron chi connectivity index (χ3n) is 4.03. The lowest BCUT2D eigenvalue weighted by atomic mass is 10.1. The molecule has 0 unspecified atom stereocenters. The number of hydrogen-bond donors (Lipinski definition) is 1. The summed E-state index contributed by atoms with van der Waals surface area (Å²) in [5.74, 6) is 1.11. The van der Waals surface area contributed by atoms with E-state index in [2.05, 4.69) is 10.3 Å². The van der Waals surface area contributed by atoms with E-state index in [9.17, 15) is 4.79 Å². The summed E-state index contributed by atoms with van der Waals surface area (Å²) in [4.78, 5) is 16.3. The minimum absolute atomic E-state index is 0.0280. The molecule has 1 amide bonds. The van der Waals surface area contributed by atoms with Crippen molar-refractivity contribution in [1.82, 2.24) is 10.3 Å². The maximum absolute atomic E-state index is 12.3. The highest BCUT2D eigenvalue weighted by Gasteiger charge is 2.31. The van der Waals surface area contributed by atoms with Gasteiger partial charge in [-0.25, -0.2) is 4.98 Å². The number of nitrogens with zero attached hydrogens (tertiary/aromatic N) is 1. The maximum Gasteiger partial charge on any atom is 0.273 e. The molecule has 1 saturated heterocycles. The molecule has 2 aliphatic rings. The lowest BCUT2D eigenvalue weighted by Crippen LogP contribution is -2.51. The average molecular weight is 294 g/mol. The molecule has 1 N–H and O–H groups in total. The van der Waals surface area contributed by atoms with Crippen LogP contribution in [0.25, 0.3) is 0 Å². The maximum atomic E-state index is 12.3. The number of oxazole rings is 1. The lowest BCUT2D eigenvalue weighted by Gasteiger charge is -2.32. The molecular weight excluding hydrogens is 272 g/mol. The lowest BCUT2D eigenvalue weighted by molar-refractivity contribution is -0.0568. The largest absolute Gasteiger partial charge is 0.448 e. The van der Waals surface area contributed by atoms with E-state index >= 15 is 0 Å². The van der Waals surface area contributed by atoms with Crippen molar-refractivity contribution in [2.24, 2.45) is 5.92 Å². The van der Waals surface area contributed by atoms with Crippen molar-refractivity contribution < 1.29 is 18.7 Å². The van der Waals surface area contributed by atoms with Gasteiger partial charge in [-0.3, -0.25) is 4.79 Å². The van der Waals surface area contributed by atoms with Crippen LogP contribution in [-0.4, -0.2) is 42.9 Å². The first-order chi connectivity index (χ1) is 10.3. The van der Waals surface area contributed by atoms with Gasteiger partial charge in [0.15, 0.2) is 12.1 Å². The van der Waals surface area contributed by atoms with Gasteiger partial charge < -0.3 is 19.2 Å². The minimum atomic E-state index is -0.212.